The average Bonchev–Trinajstić information content (AvgIpc) is 2.44. The molecule has 0 spiro atoms. The molecule has 0 radical (unpaired) electrons. The Morgan fingerprint density at radius 1 is 1.36 bits per heavy atom. The van der Waals surface area contributed by atoms with Gasteiger partial charge in [0.2, 0.25) is 5.91 Å². The Labute approximate surface area is 89.0 Å². The van der Waals surface area contributed by atoms with Gasteiger partial charge in [0.1, 0.15) is 0 Å². The highest BCUT2D eigenvalue weighted by Gasteiger charge is 2.30. The second-order valence-electron chi connectivity index (χ2n) is 3.71. The van der Waals surface area contributed by atoms with Gasteiger partial charge in [0.25, 0.3) is 0 Å². The van der Waals surface area contributed by atoms with Crippen LogP contribution in [0.3, 0.4) is 0 Å². The van der Waals surface area contributed by atoms with Crippen LogP contribution in [0.2, 0.25) is 0 Å². The lowest BCUT2D eigenvalue weighted by molar-refractivity contribution is -0.124. The minimum absolute atomic E-state index is 0. The molecule has 0 aromatic rings. The van der Waals surface area contributed by atoms with Crippen molar-refractivity contribution in [2.45, 2.75) is 24.6 Å². The van der Waals surface area contributed by atoms with Crippen molar-refractivity contribution in [3.63, 3.8) is 0 Å². The molecule has 2 rings (SSSR count). The van der Waals surface area contributed by atoms with Crippen LogP contribution in [0.15, 0.2) is 0 Å². The van der Waals surface area contributed by atoms with Gasteiger partial charge in [-0.15, -0.1) is 12.4 Å². The Kier molecular flexibility index (Phi) is 4.12. The van der Waals surface area contributed by atoms with Gasteiger partial charge in [-0.1, -0.05) is 0 Å². The molecular weight excluding hydrogens is 206 g/mol. The first-order valence-corrected chi connectivity index (χ1v) is 4.68. The van der Waals surface area contributed by atoms with Crippen molar-refractivity contribution in [1.82, 2.24) is 16.0 Å². The number of halogens is 1. The normalized spacial score (nSPS) is 31.8. The molecule has 5 nitrogen and oxygen atoms in total. The summed E-state index contributed by atoms with van der Waals surface area (Å²) in [4.78, 5) is 11.5. The van der Waals surface area contributed by atoms with Crippen molar-refractivity contribution in [3.05, 3.63) is 0 Å². The predicted octanol–water partition coefficient (Wildman–Crippen LogP) is -1.78. The first-order valence-electron chi connectivity index (χ1n) is 4.68. The second-order valence-corrected chi connectivity index (χ2v) is 3.71. The Morgan fingerprint density at radius 2 is 2.07 bits per heavy atom. The molecular formula is C8H16ClN3O2. The van der Waals surface area contributed by atoms with Gasteiger partial charge in [0, 0.05) is 19.6 Å². The molecule has 0 saturated carbocycles. The number of amides is 1. The largest absolute Gasteiger partial charge is 0.392 e. The third-order valence-corrected chi connectivity index (χ3v) is 2.55. The highest BCUT2D eigenvalue weighted by molar-refractivity contribution is 5.85. The Bertz CT molecular complexity index is 211. The summed E-state index contributed by atoms with van der Waals surface area (Å²) in [6, 6.07) is 0.0858. The van der Waals surface area contributed by atoms with Crippen molar-refractivity contribution in [1.29, 1.82) is 0 Å². The van der Waals surface area contributed by atoms with Crippen molar-refractivity contribution in [3.8, 4) is 0 Å². The number of hydrogen-bond acceptors (Lipinski definition) is 4. The van der Waals surface area contributed by atoms with E-state index in [0.29, 0.717) is 13.0 Å². The SMILES string of the molecule is Cl.O=C(NC1CNC1)C1CC(O)CN1. The van der Waals surface area contributed by atoms with Gasteiger partial charge in [-0.25, -0.2) is 0 Å². The van der Waals surface area contributed by atoms with E-state index in [1.54, 1.807) is 0 Å². The lowest BCUT2D eigenvalue weighted by Gasteiger charge is -2.29. The smallest absolute Gasteiger partial charge is 0.237 e. The number of aliphatic hydroxyl groups is 1. The molecule has 14 heavy (non-hydrogen) atoms. The fraction of sp³-hybridized carbons (Fsp3) is 0.875. The Morgan fingerprint density at radius 3 is 2.50 bits per heavy atom. The van der Waals surface area contributed by atoms with E-state index in [1.807, 2.05) is 0 Å². The molecule has 0 aromatic heterocycles. The van der Waals surface area contributed by atoms with Gasteiger partial charge in [0.05, 0.1) is 18.2 Å². The summed E-state index contributed by atoms with van der Waals surface area (Å²) in [5.74, 6) is 0.0167. The van der Waals surface area contributed by atoms with Gasteiger partial charge >= 0.3 is 0 Å². The third kappa shape index (κ3) is 2.57. The number of carbonyl (C=O) groups is 1. The number of rotatable bonds is 2. The summed E-state index contributed by atoms with van der Waals surface area (Å²) in [5, 5.41) is 18.2. The third-order valence-electron chi connectivity index (χ3n) is 2.55. The van der Waals surface area contributed by atoms with Crippen LogP contribution in [0, 0.1) is 0 Å². The summed E-state index contributed by atoms with van der Waals surface area (Å²) in [6.07, 6.45) is 0.168. The molecule has 2 atom stereocenters. The molecule has 2 aliphatic heterocycles. The van der Waals surface area contributed by atoms with Crippen LogP contribution in [-0.2, 0) is 4.79 Å². The van der Waals surface area contributed by atoms with E-state index in [9.17, 15) is 9.90 Å². The quantitative estimate of drug-likeness (QED) is 0.445. The fourth-order valence-corrected chi connectivity index (χ4v) is 1.61. The van der Waals surface area contributed by atoms with Gasteiger partial charge in [-0.2, -0.15) is 0 Å². The maximum Gasteiger partial charge on any atom is 0.237 e. The van der Waals surface area contributed by atoms with Crippen LogP contribution in [0.4, 0.5) is 0 Å². The van der Waals surface area contributed by atoms with E-state index >= 15 is 0 Å². The second kappa shape index (κ2) is 4.93. The molecule has 82 valence electrons. The highest BCUT2D eigenvalue weighted by atomic mass is 35.5. The molecule has 6 heteroatoms. The van der Waals surface area contributed by atoms with Gasteiger partial charge < -0.3 is 21.1 Å². The summed E-state index contributed by atoms with van der Waals surface area (Å²) in [7, 11) is 0. The van der Waals surface area contributed by atoms with Crippen LogP contribution in [0.1, 0.15) is 6.42 Å². The molecule has 0 bridgehead atoms. The standard InChI is InChI=1S/C8H15N3O2.ClH/c12-6-1-7(10-4-6)8(13)11-5-2-9-3-5;/h5-7,9-10,12H,1-4H2,(H,11,13);1H. The van der Waals surface area contributed by atoms with Crippen LogP contribution in [0.5, 0.6) is 0 Å². The lowest BCUT2D eigenvalue weighted by Crippen LogP contribution is -2.59. The van der Waals surface area contributed by atoms with Crippen molar-refractivity contribution in [2.75, 3.05) is 19.6 Å². The van der Waals surface area contributed by atoms with E-state index < -0.39 is 0 Å². The lowest BCUT2D eigenvalue weighted by atomic mass is 10.1. The molecule has 0 aromatic carbocycles. The summed E-state index contributed by atoms with van der Waals surface area (Å²) >= 11 is 0. The average molecular weight is 222 g/mol. The van der Waals surface area contributed by atoms with E-state index in [-0.39, 0.29) is 36.5 Å². The maximum atomic E-state index is 11.5. The Hall–Kier alpha value is -0.360. The number of aliphatic hydroxyl groups excluding tert-OH is 1. The van der Waals surface area contributed by atoms with E-state index in [4.69, 9.17) is 0 Å². The molecule has 2 fully saturated rings. The van der Waals surface area contributed by atoms with Gasteiger partial charge in [-0.3, -0.25) is 4.79 Å². The van der Waals surface area contributed by atoms with E-state index in [2.05, 4.69) is 16.0 Å². The molecule has 0 aliphatic carbocycles. The minimum Gasteiger partial charge on any atom is -0.392 e. The molecule has 2 heterocycles. The number of carbonyl (C=O) groups excluding carboxylic acids is 1. The van der Waals surface area contributed by atoms with Gasteiger partial charge in [0.15, 0.2) is 0 Å². The minimum atomic E-state index is -0.365. The zero-order valence-corrected chi connectivity index (χ0v) is 8.64. The van der Waals surface area contributed by atoms with Crippen LogP contribution >= 0.6 is 12.4 Å². The Balaban J connectivity index is 0.000000980. The molecule has 2 saturated heterocycles. The molecule has 4 N–H and O–H groups in total. The predicted molar refractivity (Wildman–Crippen MR) is 54.5 cm³/mol. The van der Waals surface area contributed by atoms with Crippen molar-refractivity contribution < 1.29 is 9.90 Å². The first kappa shape index (κ1) is 11.7. The number of nitrogens with one attached hydrogen (secondary N) is 3. The highest BCUT2D eigenvalue weighted by Crippen LogP contribution is 2.06. The zero-order chi connectivity index (χ0) is 9.26. The summed E-state index contributed by atoms with van der Waals surface area (Å²) < 4.78 is 0. The molecule has 2 unspecified atom stereocenters. The van der Waals surface area contributed by atoms with Crippen LogP contribution < -0.4 is 16.0 Å². The monoisotopic (exact) mass is 221 g/mol. The number of hydrogen-bond donors (Lipinski definition) is 4. The summed E-state index contributed by atoms with van der Waals surface area (Å²) in [5.41, 5.74) is 0. The fourth-order valence-electron chi connectivity index (χ4n) is 1.61. The van der Waals surface area contributed by atoms with Crippen LogP contribution in [0.25, 0.3) is 0 Å². The zero-order valence-electron chi connectivity index (χ0n) is 7.82. The van der Waals surface area contributed by atoms with Gasteiger partial charge in [-0.05, 0) is 6.42 Å². The van der Waals surface area contributed by atoms with E-state index in [0.717, 1.165) is 13.1 Å². The maximum absolute atomic E-state index is 11.5. The first-order chi connectivity index (χ1) is 6.25. The molecule has 2 aliphatic rings. The molecule has 1 amide bonds. The number of β-amino-alcohol motifs (C(OH)–C–C–N with tert-alkyl or cyclic N) is 1. The van der Waals surface area contributed by atoms with Crippen LogP contribution in [-0.4, -0.2) is 48.8 Å². The topological polar surface area (TPSA) is 73.4 Å². The summed E-state index contributed by atoms with van der Waals surface area (Å²) in [6.45, 7) is 2.25. The van der Waals surface area contributed by atoms with Crippen molar-refractivity contribution in [2.24, 2.45) is 0 Å². The van der Waals surface area contributed by atoms with Crippen molar-refractivity contribution >= 4 is 18.3 Å². The van der Waals surface area contributed by atoms with E-state index in [1.165, 1.54) is 0 Å².